The largest absolute Gasteiger partial charge is 0.456 e. The number of amides is 2. The minimum Gasteiger partial charge on any atom is -0.456 e. The Kier molecular flexibility index (Phi) is 5.68. The molecule has 0 aromatic heterocycles. The number of nitrogens with zero attached hydrogens (tertiary/aromatic N) is 1. The Bertz CT molecular complexity index is 897. The summed E-state index contributed by atoms with van der Waals surface area (Å²) in [7, 11) is 0. The van der Waals surface area contributed by atoms with Gasteiger partial charge in [-0.15, -0.1) is 0 Å². The first-order valence-corrected chi connectivity index (χ1v) is 9.19. The van der Waals surface area contributed by atoms with Gasteiger partial charge in [0.25, 0.3) is 11.8 Å². The lowest BCUT2D eigenvalue weighted by molar-refractivity contribution is -0.146. The first-order chi connectivity index (χ1) is 13.4. The lowest BCUT2D eigenvalue weighted by atomic mass is 10.1. The number of carbonyl (C=O) groups is 4. The average molecular weight is 379 g/mol. The van der Waals surface area contributed by atoms with Gasteiger partial charge in [-0.3, -0.25) is 19.3 Å². The molecule has 0 saturated heterocycles. The fraction of sp³-hybridized carbons (Fsp3) is 0.273. The zero-order chi connectivity index (χ0) is 20.3. The van der Waals surface area contributed by atoms with Gasteiger partial charge >= 0.3 is 5.97 Å². The van der Waals surface area contributed by atoms with Crippen LogP contribution in [0.25, 0.3) is 0 Å². The Morgan fingerprint density at radius 3 is 2.07 bits per heavy atom. The van der Waals surface area contributed by atoms with E-state index in [1.807, 2.05) is 12.1 Å². The summed E-state index contributed by atoms with van der Waals surface area (Å²) in [5, 5.41) is 0. The van der Waals surface area contributed by atoms with Crippen LogP contribution in [-0.4, -0.2) is 41.1 Å². The van der Waals surface area contributed by atoms with E-state index in [0.717, 1.165) is 23.3 Å². The summed E-state index contributed by atoms with van der Waals surface area (Å²) < 4.78 is 5.07. The molecule has 0 N–H and O–H groups in total. The summed E-state index contributed by atoms with van der Waals surface area (Å²) in [5.74, 6) is -2.22. The van der Waals surface area contributed by atoms with E-state index in [-0.39, 0.29) is 16.9 Å². The molecule has 2 aromatic rings. The average Bonchev–Trinajstić information content (AvgIpc) is 2.97. The van der Waals surface area contributed by atoms with Crippen LogP contribution >= 0.6 is 0 Å². The molecule has 0 bridgehead atoms. The van der Waals surface area contributed by atoms with Crippen molar-refractivity contribution in [2.75, 3.05) is 6.61 Å². The van der Waals surface area contributed by atoms with Gasteiger partial charge in [0.2, 0.25) is 0 Å². The number of rotatable bonds is 7. The molecule has 2 amide bonds. The molecule has 0 spiro atoms. The second-order valence-electron chi connectivity index (χ2n) is 6.68. The maximum Gasteiger partial charge on any atom is 0.329 e. The number of ketones is 1. The number of imide groups is 1. The first kappa shape index (κ1) is 19.5. The Balaban J connectivity index is 1.61. The van der Waals surface area contributed by atoms with Gasteiger partial charge in [0.05, 0.1) is 11.1 Å². The lowest BCUT2D eigenvalue weighted by Gasteiger charge is -2.20. The molecule has 0 aliphatic carbocycles. The Morgan fingerprint density at radius 2 is 1.54 bits per heavy atom. The van der Waals surface area contributed by atoms with E-state index < -0.39 is 30.4 Å². The minimum atomic E-state index is -1.12. The van der Waals surface area contributed by atoms with Crippen molar-refractivity contribution in [1.29, 1.82) is 0 Å². The molecule has 6 nitrogen and oxygen atoms in total. The molecule has 0 unspecified atom stereocenters. The zero-order valence-electron chi connectivity index (χ0n) is 15.8. The topological polar surface area (TPSA) is 80.8 Å². The van der Waals surface area contributed by atoms with Gasteiger partial charge in [0.15, 0.2) is 12.4 Å². The van der Waals surface area contributed by atoms with Crippen molar-refractivity contribution in [3.8, 4) is 0 Å². The molecule has 144 valence electrons. The molecular weight excluding hydrogens is 358 g/mol. The minimum absolute atomic E-state index is 0.260. The van der Waals surface area contributed by atoms with Gasteiger partial charge in [-0.2, -0.15) is 0 Å². The lowest BCUT2D eigenvalue weighted by Crippen LogP contribution is -2.44. The summed E-state index contributed by atoms with van der Waals surface area (Å²) in [6.07, 6.45) is 1.95. The molecule has 1 heterocycles. The molecular formula is C22H21NO5. The number of esters is 1. The third kappa shape index (κ3) is 3.71. The van der Waals surface area contributed by atoms with Crippen LogP contribution in [0.1, 0.15) is 56.9 Å². The van der Waals surface area contributed by atoms with E-state index in [4.69, 9.17) is 4.74 Å². The van der Waals surface area contributed by atoms with Crippen molar-refractivity contribution >= 4 is 23.6 Å². The third-order valence-corrected chi connectivity index (χ3v) is 4.71. The summed E-state index contributed by atoms with van der Waals surface area (Å²) >= 11 is 0. The highest BCUT2D eigenvalue weighted by molar-refractivity contribution is 6.22. The number of hydrogen-bond donors (Lipinski definition) is 0. The van der Waals surface area contributed by atoms with Gasteiger partial charge in [-0.25, -0.2) is 4.79 Å². The predicted octanol–water partition coefficient (Wildman–Crippen LogP) is 3.05. The number of carbonyl (C=O) groups excluding carboxylic acids is 4. The number of hydrogen-bond acceptors (Lipinski definition) is 5. The number of fused-ring (bicyclic) bond motifs is 1. The van der Waals surface area contributed by atoms with Crippen LogP contribution in [0.3, 0.4) is 0 Å². The molecule has 28 heavy (non-hydrogen) atoms. The summed E-state index contributed by atoms with van der Waals surface area (Å²) in [4.78, 5) is 50.3. The van der Waals surface area contributed by atoms with Crippen LogP contribution in [0, 0.1) is 0 Å². The van der Waals surface area contributed by atoms with Crippen LogP contribution in [0.15, 0.2) is 48.5 Å². The standard InChI is InChI=1S/C22H21NO5/c1-3-6-15-9-11-16(12-10-15)19(24)13-28-22(27)14(2)23-20(25)17-7-4-5-8-18(17)21(23)26/h4-5,7-12,14H,3,6,13H2,1-2H3/t14-/m1/s1. The van der Waals surface area contributed by atoms with E-state index in [1.54, 1.807) is 36.4 Å². The van der Waals surface area contributed by atoms with Crippen molar-refractivity contribution in [2.24, 2.45) is 0 Å². The zero-order valence-corrected chi connectivity index (χ0v) is 15.8. The normalized spacial score (nSPS) is 14.0. The van der Waals surface area contributed by atoms with E-state index in [0.29, 0.717) is 5.56 Å². The Hall–Kier alpha value is -3.28. The van der Waals surface area contributed by atoms with Crippen LogP contribution in [0.4, 0.5) is 0 Å². The molecule has 0 fully saturated rings. The van der Waals surface area contributed by atoms with E-state index in [1.165, 1.54) is 6.92 Å². The molecule has 1 aliphatic heterocycles. The number of aryl methyl sites for hydroxylation is 1. The highest BCUT2D eigenvalue weighted by Gasteiger charge is 2.41. The molecule has 0 saturated carbocycles. The second kappa shape index (κ2) is 8.17. The summed E-state index contributed by atoms with van der Waals surface area (Å²) in [6, 6.07) is 12.4. The maximum absolute atomic E-state index is 12.4. The second-order valence-corrected chi connectivity index (χ2v) is 6.68. The van der Waals surface area contributed by atoms with Crippen molar-refractivity contribution < 1.29 is 23.9 Å². The van der Waals surface area contributed by atoms with Crippen molar-refractivity contribution in [3.05, 3.63) is 70.8 Å². The molecule has 6 heteroatoms. The van der Waals surface area contributed by atoms with Gasteiger partial charge in [-0.05, 0) is 31.0 Å². The van der Waals surface area contributed by atoms with Gasteiger partial charge in [0.1, 0.15) is 6.04 Å². The van der Waals surface area contributed by atoms with Gasteiger partial charge < -0.3 is 4.74 Å². The monoisotopic (exact) mass is 379 g/mol. The van der Waals surface area contributed by atoms with Crippen molar-refractivity contribution in [2.45, 2.75) is 32.7 Å². The van der Waals surface area contributed by atoms with Crippen molar-refractivity contribution in [1.82, 2.24) is 4.90 Å². The highest BCUT2D eigenvalue weighted by atomic mass is 16.5. The molecule has 3 rings (SSSR count). The number of ether oxygens (including phenoxy) is 1. The third-order valence-electron chi connectivity index (χ3n) is 4.71. The van der Waals surface area contributed by atoms with E-state index in [2.05, 4.69) is 6.92 Å². The quantitative estimate of drug-likeness (QED) is 0.420. The van der Waals surface area contributed by atoms with Crippen LogP contribution < -0.4 is 0 Å². The van der Waals surface area contributed by atoms with Gasteiger partial charge in [-0.1, -0.05) is 49.7 Å². The van der Waals surface area contributed by atoms with E-state index in [9.17, 15) is 19.2 Å². The smallest absolute Gasteiger partial charge is 0.329 e. The molecule has 2 aromatic carbocycles. The predicted molar refractivity (Wildman–Crippen MR) is 102 cm³/mol. The molecule has 0 radical (unpaired) electrons. The van der Waals surface area contributed by atoms with Gasteiger partial charge in [0, 0.05) is 5.56 Å². The summed E-state index contributed by atoms with van der Waals surface area (Å²) in [6.45, 7) is 3.04. The highest BCUT2D eigenvalue weighted by Crippen LogP contribution is 2.24. The molecule has 1 aliphatic rings. The van der Waals surface area contributed by atoms with Crippen LogP contribution in [0.2, 0.25) is 0 Å². The first-order valence-electron chi connectivity index (χ1n) is 9.19. The maximum atomic E-state index is 12.4. The number of Topliss-reactive ketones (excluding diaryl/α,β-unsaturated/α-hetero) is 1. The summed E-state index contributed by atoms with van der Waals surface area (Å²) in [5.41, 5.74) is 2.10. The Morgan fingerprint density at radius 1 is 0.964 bits per heavy atom. The SMILES string of the molecule is CCCc1ccc(C(=O)COC(=O)[C@@H](C)N2C(=O)c3ccccc3C2=O)cc1. The number of benzene rings is 2. The van der Waals surface area contributed by atoms with E-state index >= 15 is 0 Å². The van der Waals surface area contributed by atoms with Crippen LogP contribution in [-0.2, 0) is 16.0 Å². The Labute approximate surface area is 163 Å². The fourth-order valence-electron chi connectivity index (χ4n) is 3.15. The fourth-order valence-corrected chi connectivity index (χ4v) is 3.15. The van der Waals surface area contributed by atoms with Crippen molar-refractivity contribution in [3.63, 3.8) is 0 Å². The molecule has 1 atom stereocenters. The van der Waals surface area contributed by atoms with Crippen LogP contribution in [0.5, 0.6) is 0 Å².